The van der Waals surface area contributed by atoms with Crippen LogP contribution in [0.15, 0.2) is 24.3 Å². The molecule has 0 saturated heterocycles. The minimum Gasteiger partial charge on any atom is -0.465 e. The third-order valence-corrected chi connectivity index (χ3v) is 4.38. The molecule has 1 aromatic carbocycles. The van der Waals surface area contributed by atoms with Crippen LogP contribution in [0.4, 0.5) is 0 Å². The summed E-state index contributed by atoms with van der Waals surface area (Å²) in [5.41, 5.74) is 2.34. The van der Waals surface area contributed by atoms with Gasteiger partial charge >= 0.3 is 5.97 Å². The molecule has 0 amide bonds. The quantitative estimate of drug-likeness (QED) is 0.779. The maximum Gasteiger partial charge on any atom is 0.314 e. The Labute approximate surface area is 128 Å². The number of ether oxygens (including phenoxy) is 1. The van der Waals surface area contributed by atoms with Crippen molar-refractivity contribution in [3.63, 3.8) is 0 Å². The van der Waals surface area contributed by atoms with Crippen molar-refractivity contribution in [2.24, 2.45) is 5.92 Å². The van der Waals surface area contributed by atoms with Crippen molar-refractivity contribution in [1.29, 1.82) is 0 Å². The van der Waals surface area contributed by atoms with Crippen LogP contribution in [0.5, 0.6) is 0 Å². The lowest BCUT2D eigenvalue weighted by molar-refractivity contribution is -0.147. The maximum absolute atomic E-state index is 12.4. The molecule has 1 aliphatic rings. The van der Waals surface area contributed by atoms with Gasteiger partial charge in [-0.05, 0) is 23.5 Å². The predicted octanol–water partition coefficient (Wildman–Crippen LogP) is 3.63. The molecule has 0 fully saturated rings. The number of benzene rings is 1. The Morgan fingerprint density at radius 2 is 2.19 bits per heavy atom. The highest BCUT2D eigenvalue weighted by atomic mass is 16.5. The first kappa shape index (κ1) is 16.0. The van der Waals surface area contributed by atoms with Crippen molar-refractivity contribution in [3.05, 3.63) is 35.4 Å². The van der Waals surface area contributed by atoms with Gasteiger partial charge in [0.25, 0.3) is 0 Å². The lowest BCUT2D eigenvalue weighted by Gasteiger charge is -2.25. The second-order valence-electron chi connectivity index (χ2n) is 5.93. The molecule has 1 heterocycles. The van der Waals surface area contributed by atoms with Crippen LogP contribution in [0, 0.1) is 5.92 Å². The molecule has 2 rings (SSSR count). The Kier molecular flexibility index (Phi) is 6.24. The molecule has 2 unspecified atom stereocenters. The summed E-state index contributed by atoms with van der Waals surface area (Å²) in [4.78, 5) is 12.4. The first-order chi connectivity index (χ1) is 10.3. The summed E-state index contributed by atoms with van der Waals surface area (Å²) in [6.45, 7) is 6.46. The van der Waals surface area contributed by atoms with E-state index < -0.39 is 0 Å². The van der Waals surface area contributed by atoms with Gasteiger partial charge in [-0.25, -0.2) is 0 Å². The fourth-order valence-electron chi connectivity index (χ4n) is 2.91. The smallest absolute Gasteiger partial charge is 0.314 e. The second-order valence-corrected chi connectivity index (χ2v) is 5.93. The van der Waals surface area contributed by atoms with E-state index in [4.69, 9.17) is 4.74 Å². The molecule has 1 aliphatic heterocycles. The predicted molar refractivity (Wildman–Crippen MR) is 85.2 cm³/mol. The van der Waals surface area contributed by atoms with Crippen LogP contribution < -0.4 is 5.32 Å². The Bertz CT molecular complexity index is 458. The van der Waals surface area contributed by atoms with Crippen LogP contribution >= 0.6 is 0 Å². The van der Waals surface area contributed by atoms with Crippen LogP contribution in [-0.2, 0) is 16.1 Å². The van der Waals surface area contributed by atoms with Gasteiger partial charge in [0.05, 0.1) is 12.5 Å². The van der Waals surface area contributed by atoms with Gasteiger partial charge < -0.3 is 10.1 Å². The van der Waals surface area contributed by atoms with E-state index in [2.05, 4.69) is 31.3 Å². The number of fused-ring (bicyclic) bond motifs is 1. The third-order valence-electron chi connectivity index (χ3n) is 4.38. The van der Waals surface area contributed by atoms with Gasteiger partial charge in [0, 0.05) is 13.1 Å². The Morgan fingerprint density at radius 3 is 2.95 bits per heavy atom. The minimum atomic E-state index is -0.154. The molecule has 0 aliphatic carbocycles. The number of carbonyl (C=O) groups excluding carboxylic acids is 1. The molecular weight excluding hydrogens is 262 g/mol. The fourth-order valence-corrected chi connectivity index (χ4v) is 2.91. The fraction of sp³-hybridized carbons (Fsp3) is 0.611. The normalized spacial score (nSPS) is 18.9. The van der Waals surface area contributed by atoms with Crippen LogP contribution in [0.25, 0.3) is 0 Å². The van der Waals surface area contributed by atoms with Crippen molar-refractivity contribution in [2.45, 2.75) is 52.0 Å². The Balaban J connectivity index is 1.92. The van der Waals surface area contributed by atoms with Crippen LogP contribution in [-0.4, -0.2) is 19.1 Å². The largest absolute Gasteiger partial charge is 0.465 e. The van der Waals surface area contributed by atoms with E-state index in [0.717, 1.165) is 24.9 Å². The van der Waals surface area contributed by atoms with Gasteiger partial charge in [0.1, 0.15) is 0 Å². The summed E-state index contributed by atoms with van der Waals surface area (Å²) in [5.74, 6) is 0.268. The number of hydrogen-bond donors (Lipinski definition) is 1. The van der Waals surface area contributed by atoms with E-state index in [0.29, 0.717) is 19.1 Å². The molecule has 0 spiro atoms. The van der Waals surface area contributed by atoms with Gasteiger partial charge in [-0.3, -0.25) is 4.79 Å². The van der Waals surface area contributed by atoms with Gasteiger partial charge in [-0.1, -0.05) is 57.4 Å². The number of carbonyl (C=O) groups is 1. The number of rotatable bonds is 7. The molecule has 3 heteroatoms. The molecule has 3 nitrogen and oxygen atoms in total. The highest BCUT2D eigenvalue weighted by Crippen LogP contribution is 2.25. The van der Waals surface area contributed by atoms with Crippen molar-refractivity contribution < 1.29 is 9.53 Å². The average Bonchev–Trinajstić information content (AvgIpc) is 2.54. The van der Waals surface area contributed by atoms with Gasteiger partial charge in [0.2, 0.25) is 0 Å². The van der Waals surface area contributed by atoms with Crippen molar-refractivity contribution in [3.8, 4) is 0 Å². The zero-order valence-corrected chi connectivity index (χ0v) is 13.2. The van der Waals surface area contributed by atoms with Crippen molar-refractivity contribution in [1.82, 2.24) is 5.32 Å². The summed E-state index contributed by atoms with van der Waals surface area (Å²) in [5, 5.41) is 3.31. The van der Waals surface area contributed by atoms with Crippen molar-refractivity contribution in [2.75, 3.05) is 13.2 Å². The molecule has 0 bridgehead atoms. The lowest BCUT2D eigenvalue weighted by atomic mass is 9.91. The Morgan fingerprint density at radius 1 is 1.38 bits per heavy atom. The van der Waals surface area contributed by atoms with Crippen LogP contribution in [0.2, 0.25) is 0 Å². The van der Waals surface area contributed by atoms with E-state index >= 15 is 0 Å². The van der Waals surface area contributed by atoms with E-state index in [1.54, 1.807) is 0 Å². The van der Waals surface area contributed by atoms with Gasteiger partial charge in [0.15, 0.2) is 0 Å². The van der Waals surface area contributed by atoms with E-state index in [9.17, 15) is 4.79 Å². The third kappa shape index (κ3) is 4.31. The molecular formula is C18H27NO2. The molecule has 2 atom stereocenters. The monoisotopic (exact) mass is 289 g/mol. The van der Waals surface area contributed by atoms with Crippen molar-refractivity contribution >= 4 is 5.97 Å². The number of unbranched alkanes of at least 4 members (excludes halogenated alkanes) is 1. The van der Waals surface area contributed by atoms with Gasteiger partial charge in [-0.2, -0.15) is 0 Å². The molecule has 0 aromatic heterocycles. The van der Waals surface area contributed by atoms with Gasteiger partial charge in [-0.15, -0.1) is 0 Å². The molecule has 0 saturated carbocycles. The summed E-state index contributed by atoms with van der Waals surface area (Å²) in [6, 6.07) is 8.15. The van der Waals surface area contributed by atoms with Crippen LogP contribution in [0.3, 0.4) is 0 Å². The first-order valence-electron chi connectivity index (χ1n) is 8.21. The number of nitrogens with one attached hydrogen (secondary N) is 1. The molecule has 1 N–H and O–H groups in total. The van der Waals surface area contributed by atoms with Crippen LogP contribution in [0.1, 0.15) is 56.6 Å². The number of esters is 1. The summed E-state index contributed by atoms with van der Waals surface area (Å²) in [6.07, 6.45) is 4.64. The highest BCUT2D eigenvalue weighted by Gasteiger charge is 2.27. The lowest BCUT2D eigenvalue weighted by Crippen LogP contribution is -2.34. The minimum absolute atomic E-state index is 0.0791. The zero-order chi connectivity index (χ0) is 15.1. The first-order valence-corrected chi connectivity index (χ1v) is 8.21. The van der Waals surface area contributed by atoms with E-state index in [1.165, 1.54) is 18.4 Å². The molecule has 21 heavy (non-hydrogen) atoms. The second kappa shape index (κ2) is 8.18. The molecule has 0 radical (unpaired) electrons. The summed E-state index contributed by atoms with van der Waals surface area (Å²) in [7, 11) is 0. The highest BCUT2D eigenvalue weighted by molar-refractivity contribution is 5.79. The maximum atomic E-state index is 12.4. The summed E-state index contributed by atoms with van der Waals surface area (Å²) >= 11 is 0. The topological polar surface area (TPSA) is 38.3 Å². The average molecular weight is 289 g/mol. The van der Waals surface area contributed by atoms with E-state index in [-0.39, 0.29) is 11.9 Å². The number of hydrogen-bond acceptors (Lipinski definition) is 3. The molecule has 1 aromatic rings. The molecule has 116 valence electrons. The summed E-state index contributed by atoms with van der Waals surface area (Å²) < 4.78 is 5.61. The standard InChI is InChI=1S/C18H27NO2/c1-3-5-8-14(4-2)13-21-18(20)17-12-19-11-15-9-6-7-10-16(15)17/h6-7,9-10,14,17,19H,3-5,8,11-13H2,1-2H3. The zero-order valence-electron chi connectivity index (χ0n) is 13.2. The SMILES string of the molecule is CCCCC(CC)COC(=O)C1CNCc2ccccc21. The van der Waals surface area contributed by atoms with E-state index in [1.807, 2.05) is 12.1 Å². The Hall–Kier alpha value is -1.35.